The van der Waals surface area contributed by atoms with Crippen LogP contribution < -0.4 is 9.62 Å². The molecule has 1 aliphatic heterocycles. The highest BCUT2D eigenvalue weighted by atomic mass is 32.2. The summed E-state index contributed by atoms with van der Waals surface area (Å²) in [5.74, 6) is -2.82. The molecule has 9 heteroatoms. The van der Waals surface area contributed by atoms with Crippen LogP contribution in [0.25, 0.3) is 0 Å². The summed E-state index contributed by atoms with van der Waals surface area (Å²) in [6.45, 7) is 1.54. The number of amides is 2. The lowest BCUT2D eigenvalue weighted by Gasteiger charge is -2.15. The number of rotatable bonds is 5. The van der Waals surface area contributed by atoms with Gasteiger partial charge in [-0.1, -0.05) is 6.92 Å². The van der Waals surface area contributed by atoms with Crippen molar-refractivity contribution in [2.24, 2.45) is 5.92 Å². The summed E-state index contributed by atoms with van der Waals surface area (Å²) in [6.07, 6.45) is -0.192. The van der Waals surface area contributed by atoms with Crippen LogP contribution in [0.2, 0.25) is 0 Å². The van der Waals surface area contributed by atoms with Crippen molar-refractivity contribution in [1.29, 1.82) is 0 Å². The van der Waals surface area contributed by atoms with Crippen LogP contribution >= 0.6 is 0 Å². The van der Waals surface area contributed by atoms with Crippen LogP contribution in [0.4, 0.5) is 5.69 Å². The molecule has 0 radical (unpaired) electrons. The quantitative estimate of drug-likeness (QED) is 0.790. The fourth-order valence-electron chi connectivity index (χ4n) is 2.22. The Labute approximate surface area is 133 Å². The van der Waals surface area contributed by atoms with Crippen molar-refractivity contribution in [3.8, 4) is 0 Å². The van der Waals surface area contributed by atoms with Crippen molar-refractivity contribution in [2.45, 2.75) is 13.3 Å². The molecule has 2 N–H and O–H groups in total. The number of sulfonamides is 1. The van der Waals surface area contributed by atoms with E-state index in [4.69, 9.17) is 5.11 Å². The molecule has 2 rings (SSSR count). The summed E-state index contributed by atoms with van der Waals surface area (Å²) in [5.41, 5.74) is 0.428. The van der Waals surface area contributed by atoms with E-state index in [-0.39, 0.29) is 30.0 Å². The summed E-state index contributed by atoms with van der Waals surface area (Å²) in [6, 6.07) is 5.52. The minimum absolute atomic E-state index is 0.00752. The van der Waals surface area contributed by atoms with Crippen molar-refractivity contribution in [2.75, 3.05) is 16.6 Å². The van der Waals surface area contributed by atoms with Gasteiger partial charge < -0.3 is 10.4 Å². The van der Waals surface area contributed by atoms with E-state index < -0.39 is 33.7 Å². The van der Waals surface area contributed by atoms with Crippen molar-refractivity contribution in [1.82, 2.24) is 5.32 Å². The molecule has 0 aliphatic carbocycles. The summed E-state index contributed by atoms with van der Waals surface area (Å²) in [5, 5.41) is 10.9. The zero-order valence-corrected chi connectivity index (χ0v) is 13.2. The van der Waals surface area contributed by atoms with Gasteiger partial charge >= 0.3 is 5.97 Å². The highest BCUT2D eigenvalue weighted by Crippen LogP contribution is 2.28. The van der Waals surface area contributed by atoms with Gasteiger partial charge in [-0.15, -0.1) is 0 Å². The van der Waals surface area contributed by atoms with E-state index in [1.165, 1.54) is 24.3 Å². The molecule has 1 aromatic carbocycles. The molecule has 2 amide bonds. The van der Waals surface area contributed by atoms with Crippen LogP contribution in [-0.4, -0.2) is 43.6 Å². The highest BCUT2D eigenvalue weighted by molar-refractivity contribution is 7.94. The molecule has 0 bridgehead atoms. The van der Waals surface area contributed by atoms with Gasteiger partial charge in [-0.25, -0.2) is 12.7 Å². The molecule has 1 atom stereocenters. The summed E-state index contributed by atoms with van der Waals surface area (Å²) in [7, 11) is -3.68. The summed E-state index contributed by atoms with van der Waals surface area (Å²) < 4.78 is 24.7. The second-order valence-corrected chi connectivity index (χ2v) is 7.09. The fraction of sp³-hybridized carbons (Fsp3) is 0.357. The van der Waals surface area contributed by atoms with Gasteiger partial charge in [0.2, 0.25) is 15.9 Å². The van der Waals surface area contributed by atoms with Gasteiger partial charge in [-0.2, -0.15) is 0 Å². The molecule has 0 spiro atoms. The van der Waals surface area contributed by atoms with Crippen LogP contribution in [0.15, 0.2) is 24.3 Å². The predicted octanol–water partition coefficient (Wildman–Crippen LogP) is 0.204. The monoisotopic (exact) mass is 340 g/mol. The van der Waals surface area contributed by atoms with Crippen LogP contribution in [0.1, 0.15) is 23.7 Å². The Bertz CT molecular complexity index is 741. The zero-order valence-electron chi connectivity index (χ0n) is 12.4. The average molecular weight is 340 g/mol. The lowest BCUT2D eigenvalue weighted by molar-refractivity contribution is -0.136. The molecule has 1 fully saturated rings. The van der Waals surface area contributed by atoms with Gasteiger partial charge in [0.1, 0.15) is 0 Å². The number of nitrogens with one attached hydrogen (secondary N) is 1. The standard InChI is InChI=1S/C14H16N2O6S/c1-9-8-23(21,22)16(14(9)20)11-4-2-10(3-5-11)13(19)15-7-6-12(17)18/h2-5,9H,6-8H2,1H3,(H,15,19)(H,17,18). The SMILES string of the molecule is CC1CS(=O)(=O)N(c2ccc(C(=O)NCCC(=O)O)cc2)C1=O. The second kappa shape index (κ2) is 6.37. The maximum Gasteiger partial charge on any atom is 0.305 e. The van der Waals surface area contributed by atoms with Crippen molar-refractivity contribution in [3.05, 3.63) is 29.8 Å². The van der Waals surface area contributed by atoms with E-state index in [0.29, 0.717) is 0 Å². The molecular weight excluding hydrogens is 324 g/mol. The number of carboxylic acid groups (broad SMARTS) is 1. The normalized spacial score (nSPS) is 19.6. The topological polar surface area (TPSA) is 121 Å². The van der Waals surface area contributed by atoms with Gasteiger partial charge in [0, 0.05) is 12.1 Å². The van der Waals surface area contributed by atoms with Gasteiger partial charge in [-0.05, 0) is 24.3 Å². The molecule has 1 aromatic rings. The molecule has 8 nitrogen and oxygen atoms in total. The number of carbonyl (C=O) groups is 3. The first-order valence-corrected chi connectivity index (χ1v) is 8.50. The first-order chi connectivity index (χ1) is 10.7. The molecule has 1 heterocycles. The first kappa shape index (κ1) is 16.9. The first-order valence-electron chi connectivity index (χ1n) is 6.89. The molecule has 1 saturated heterocycles. The predicted molar refractivity (Wildman–Crippen MR) is 81.5 cm³/mol. The Kier molecular flexibility index (Phi) is 4.69. The van der Waals surface area contributed by atoms with Gasteiger partial charge in [0.15, 0.2) is 0 Å². The highest BCUT2D eigenvalue weighted by Gasteiger charge is 2.41. The number of carbonyl (C=O) groups excluding carboxylic acids is 2. The van der Waals surface area contributed by atoms with E-state index in [9.17, 15) is 22.8 Å². The van der Waals surface area contributed by atoms with Crippen LogP contribution in [-0.2, 0) is 19.6 Å². The fourth-order valence-corrected chi connectivity index (χ4v) is 4.04. The van der Waals surface area contributed by atoms with E-state index >= 15 is 0 Å². The third-order valence-electron chi connectivity index (χ3n) is 3.35. The average Bonchev–Trinajstić information content (AvgIpc) is 2.67. The van der Waals surface area contributed by atoms with Crippen molar-refractivity contribution in [3.63, 3.8) is 0 Å². The maximum absolute atomic E-state index is 12.0. The van der Waals surface area contributed by atoms with Crippen molar-refractivity contribution < 1.29 is 27.9 Å². The Morgan fingerprint density at radius 2 is 1.91 bits per heavy atom. The lowest BCUT2D eigenvalue weighted by atomic mass is 10.1. The maximum atomic E-state index is 12.0. The third-order valence-corrected chi connectivity index (χ3v) is 5.22. The van der Waals surface area contributed by atoms with Crippen LogP contribution in [0, 0.1) is 5.92 Å². The molecule has 1 unspecified atom stereocenters. The Hall–Kier alpha value is -2.42. The number of hydrogen-bond donors (Lipinski definition) is 2. The third kappa shape index (κ3) is 3.67. The van der Waals surface area contributed by atoms with Gasteiger partial charge in [0.25, 0.3) is 5.91 Å². The van der Waals surface area contributed by atoms with Gasteiger partial charge in [0.05, 0.1) is 23.8 Å². The van der Waals surface area contributed by atoms with E-state index in [1.54, 1.807) is 6.92 Å². The molecule has 0 saturated carbocycles. The number of nitrogens with zero attached hydrogens (tertiary/aromatic N) is 1. The summed E-state index contributed by atoms with van der Waals surface area (Å²) >= 11 is 0. The number of benzene rings is 1. The second-order valence-electron chi connectivity index (χ2n) is 5.23. The zero-order chi connectivity index (χ0) is 17.2. The molecule has 23 heavy (non-hydrogen) atoms. The van der Waals surface area contributed by atoms with Crippen LogP contribution in [0.3, 0.4) is 0 Å². The number of aliphatic carboxylic acids is 1. The Morgan fingerprint density at radius 3 is 2.39 bits per heavy atom. The van der Waals surface area contributed by atoms with E-state index in [1.807, 2.05) is 0 Å². The van der Waals surface area contributed by atoms with Crippen molar-refractivity contribution >= 4 is 33.5 Å². The molecule has 0 aromatic heterocycles. The van der Waals surface area contributed by atoms with E-state index in [0.717, 1.165) is 4.31 Å². The number of carboxylic acids is 1. The Balaban J connectivity index is 2.12. The van der Waals surface area contributed by atoms with Gasteiger partial charge in [-0.3, -0.25) is 14.4 Å². The van der Waals surface area contributed by atoms with Crippen LogP contribution in [0.5, 0.6) is 0 Å². The lowest BCUT2D eigenvalue weighted by Crippen LogP contribution is -2.30. The molecular formula is C14H16N2O6S. The summed E-state index contributed by atoms with van der Waals surface area (Å²) in [4.78, 5) is 34.1. The molecule has 124 valence electrons. The molecule has 1 aliphatic rings. The minimum Gasteiger partial charge on any atom is -0.481 e. The largest absolute Gasteiger partial charge is 0.481 e. The Morgan fingerprint density at radius 1 is 1.30 bits per heavy atom. The number of anilines is 1. The minimum atomic E-state index is -3.68. The number of hydrogen-bond acceptors (Lipinski definition) is 5. The van der Waals surface area contributed by atoms with E-state index in [2.05, 4.69) is 5.32 Å². The smallest absolute Gasteiger partial charge is 0.305 e.